The highest BCUT2D eigenvalue weighted by atomic mass is 16.5. The molecule has 0 aromatic heterocycles. The number of benzene rings is 1. The van der Waals surface area contributed by atoms with Crippen LogP contribution >= 0.6 is 0 Å². The van der Waals surface area contributed by atoms with E-state index in [0.717, 1.165) is 12.8 Å². The number of carbonyl (C=O) groups excluding carboxylic acids is 3. The van der Waals surface area contributed by atoms with E-state index < -0.39 is 11.4 Å². The average Bonchev–Trinajstić information content (AvgIpc) is 3.23. The number of ether oxygens (including phenoxy) is 1. The largest absolute Gasteiger partial charge is 0.465 e. The molecule has 4 aliphatic rings. The number of hydrogen-bond acceptors (Lipinski definition) is 4. The molecule has 128 valence electrons. The van der Waals surface area contributed by atoms with E-state index in [9.17, 15) is 14.4 Å². The number of nitrogens with zero attached hydrogens (tertiary/aromatic N) is 1. The molecule has 1 aromatic carbocycles. The van der Waals surface area contributed by atoms with Crippen molar-refractivity contribution in [1.29, 1.82) is 0 Å². The average molecular weight is 337 g/mol. The molecule has 1 aliphatic heterocycles. The number of hydrogen-bond donors (Lipinski definition) is 0. The Morgan fingerprint density at radius 3 is 2.40 bits per heavy atom. The lowest BCUT2D eigenvalue weighted by atomic mass is 9.71. The Labute approximate surface area is 145 Å². The van der Waals surface area contributed by atoms with Crippen LogP contribution in [0.5, 0.6) is 0 Å². The van der Waals surface area contributed by atoms with Crippen LogP contribution in [0, 0.1) is 28.6 Å². The number of rotatable bonds is 2. The molecule has 0 unspecified atom stereocenters. The number of fused-ring (bicyclic) bond motifs is 3. The van der Waals surface area contributed by atoms with Crippen LogP contribution in [0.15, 0.2) is 36.4 Å². The van der Waals surface area contributed by atoms with Crippen LogP contribution in [0.3, 0.4) is 0 Å². The predicted molar refractivity (Wildman–Crippen MR) is 89.7 cm³/mol. The summed E-state index contributed by atoms with van der Waals surface area (Å²) in [6, 6.07) is 6.48. The summed E-state index contributed by atoms with van der Waals surface area (Å²) in [4.78, 5) is 39.3. The lowest BCUT2D eigenvalue weighted by Crippen LogP contribution is -2.39. The zero-order chi connectivity index (χ0) is 17.6. The zero-order valence-electron chi connectivity index (χ0n) is 14.2. The highest BCUT2D eigenvalue weighted by Crippen LogP contribution is 2.77. The van der Waals surface area contributed by atoms with Gasteiger partial charge in [0.15, 0.2) is 0 Å². The lowest BCUT2D eigenvalue weighted by Gasteiger charge is -2.29. The van der Waals surface area contributed by atoms with Crippen LogP contribution in [-0.2, 0) is 14.3 Å². The van der Waals surface area contributed by atoms with E-state index in [0.29, 0.717) is 11.3 Å². The second-order valence-electron chi connectivity index (χ2n) is 7.90. The second kappa shape index (κ2) is 4.40. The molecule has 2 saturated carbocycles. The first-order chi connectivity index (χ1) is 11.9. The van der Waals surface area contributed by atoms with Gasteiger partial charge in [0.1, 0.15) is 0 Å². The summed E-state index contributed by atoms with van der Waals surface area (Å²) in [6.07, 6.45) is 6.58. The number of imide groups is 1. The van der Waals surface area contributed by atoms with E-state index in [2.05, 4.69) is 12.2 Å². The standard InChI is InChI=1S/C20H19NO4/c1-19-14-8-7-13(20(14)9-10-20)15(19)16(22)21(18(19)24)12-5-3-11(4-6-12)17(23)25-2/h3-8,13-15H,9-10H2,1-2H3/t13-,14-,15+,19-/m1/s1. The summed E-state index contributed by atoms with van der Waals surface area (Å²) in [7, 11) is 1.32. The van der Waals surface area contributed by atoms with E-state index >= 15 is 0 Å². The van der Waals surface area contributed by atoms with Gasteiger partial charge in [0, 0.05) is 0 Å². The van der Waals surface area contributed by atoms with Gasteiger partial charge in [-0.25, -0.2) is 9.69 Å². The van der Waals surface area contributed by atoms with Gasteiger partial charge < -0.3 is 4.74 Å². The van der Waals surface area contributed by atoms with Gasteiger partial charge in [0.25, 0.3) is 0 Å². The van der Waals surface area contributed by atoms with E-state index in [1.54, 1.807) is 24.3 Å². The molecule has 4 atom stereocenters. The first-order valence-corrected chi connectivity index (χ1v) is 8.70. The fourth-order valence-corrected chi connectivity index (χ4v) is 5.68. The smallest absolute Gasteiger partial charge is 0.337 e. The van der Waals surface area contributed by atoms with Crippen molar-refractivity contribution in [1.82, 2.24) is 0 Å². The Morgan fingerprint density at radius 1 is 1.16 bits per heavy atom. The Bertz CT molecular complexity index is 851. The minimum atomic E-state index is -0.631. The summed E-state index contributed by atoms with van der Waals surface area (Å²) in [6.45, 7) is 1.97. The van der Waals surface area contributed by atoms with Crippen molar-refractivity contribution in [3.63, 3.8) is 0 Å². The van der Waals surface area contributed by atoms with Crippen LogP contribution in [0.2, 0.25) is 0 Å². The molecular formula is C20H19NO4. The Balaban J connectivity index is 1.53. The number of esters is 1. The molecule has 1 aromatic rings. The van der Waals surface area contributed by atoms with E-state index in [1.807, 2.05) is 6.92 Å². The Kier molecular flexibility index (Phi) is 2.61. The molecule has 1 heterocycles. The molecule has 2 bridgehead atoms. The topological polar surface area (TPSA) is 63.7 Å². The number of carbonyl (C=O) groups is 3. The van der Waals surface area contributed by atoms with Crippen molar-refractivity contribution in [2.45, 2.75) is 19.8 Å². The summed E-state index contributed by atoms with van der Waals surface area (Å²) >= 11 is 0. The molecule has 1 spiro atoms. The van der Waals surface area contributed by atoms with Crippen LogP contribution in [-0.4, -0.2) is 24.9 Å². The van der Waals surface area contributed by atoms with Crippen molar-refractivity contribution in [2.75, 3.05) is 12.0 Å². The molecule has 5 heteroatoms. The van der Waals surface area contributed by atoms with Crippen LogP contribution in [0.25, 0.3) is 0 Å². The van der Waals surface area contributed by atoms with Crippen molar-refractivity contribution >= 4 is 23.5 Å². The lowest BCUT2D eigenvalue weighted by molar-refractivity contribution is -0.127. The van der Waals surface area contributed by atoms with Gasteiger partial charge in [0.05, 0.1) is 29.7 Å². The Morgan fingerprint density at radius 2 is 1.84 bits per heavy atom. The van der Waals surface area contributed by atoms with E-state index in [-0.39, 0.29) is 35.0 Å². The van der Waals surface area contributed by atoms with Gasteiger partial charge in [-0.1, -0.05) is 12.2 Å². The summed E-state index contributed by atoms with van der Waals surface area (Å²) in [5, 5.41) is 0. The highest BCUT2D eigenvalue weighted by molar-refractivity contribution is 6.24. The van der Waals surface area contributed by atoms with Gasteiger partial charge in [0.2, 0.25) is 11.8 Å². The minimum Gasteiger partial charge on any atom is -0.465 e. The molecule has 1 saturated heterocycles. The monoisotopic (exact) mass is 337 g/mol. The minimum absolute atomic E-state index is 0.0959. The van der Waals surface area contributed by atoms with Crippen molar-refractivity contribution in [2.24, 2.45) is 28.6 Å². The molecule has 5 nitrogen and oxygen atoms in total. The summed E-state index contributed by atoms with van der Waals surface area (Å²) < 4.78 is 4.69. The van der Waals surface area contributed by atoms with Gasteiger partial charge in [-0.2, -0.15) is 0 Å². The molecule has 25 heavy (non-hydrogen) atoms. The molecule has 3 aliphatic carbocycles. The number of methoxy groups -OCH3 is 1. The van der Waals surface area contributed by atoms with E-state index in [4.69, 9.17) is 4.74 Å². The normalized spacial score (nSPS) is 36.2. The molecule has 0 radical (unpaired) electrons. The molecule has 3 fully saturated rings. The van der Waals surface area contributed by atoms with Crippen LogP contribution in [0.4, 0.5) is 5.69 Å². The van der Waals surface area contributed by atoms with Crippen LogP contribution in [0.1, 0.15) is 30.1 Å². The fraction of sp³-hybridized carbons (Fsp3) is 0.450. The number of anilines is 1. The predicted octanol–water partition coefficient (Wildman–Crippen LogP) is 2.56. The first kappa shape index (κ1) is 14.9. The van der Waals surface area contributed by atoms with Crippen LogP contribution < -0.4 is 4.90 Å². The quantitative estimate of drug-likeness (QED) is 0.473. The second-order valence-corrected chi connectivity index (χ2v) is 7.90. The zero-order valence-corrected chi connectivity index (χ0v) is 14.2. The van der Waals surface area contributed by atoms with E-state index in [1.165, 1.54) is 12.0 Å². The summed E-state index contributed by atoms with van der Waals surface area (Å²) in [5.74, 6) is -0.521. The van der Waals surface area contributed by atoms with Crippen molar-refractivity contribution < 1.29 is 19.1 Å². The SMILES string of the molecule is COC(=O)c1ccc(N2C(=O)[C@@H]3[C@H]4C=C[C@@H](C45CC5)[C@@]3(C)C2=O)cc1. The van der Waals surface area contributed by atoms with Gasteiger partial charge >= 0.3 is 5.97 Å². The highest BCUT2D eigenvalue weighted by Gasteiger charge is 2.78. The third-order valence-corrected chi connectivity index (χ3v) is 6.97. The maximum atomic E-state index is 13.3. The maximum absolute atomic E-state index is 13.3. The Hall–Kier alpha value is -2.43. The molecule has 5 rings (SSSR count). The van der Waals surface area contributed by atoms with Gasteiger partial charge in [-0.05, 0) is 61.3 Å². The van der Waals surface area contributed by atoms with Crippen molar-refractivity contribution in [3.8, 4) is 0 Å². The molecule has 2 amide bonds. The number of allylic oxidation sites excluding steroid dienone is 2. The molecule has 0 N–H and O–H groups in total. The van der Waals surface area contributed by atoms with Crippen molar-refractivity contribution in [3.05, 3.63) is 42.0 Å². The van der Waals surface area contributed by atoms with Gasteiger partial charge in [-0.3, -0.25) is 9.59 Å². The van der Waals surface area contributed by atoms with Gasteiger partial charge in [-0.15, -0.1) is 0 Å². The maximum Gasteiger partial charge on any atom is 0.337 e. The third kappa shape index (κ3) is 1.53. The summed E-state index contributed by atoms with van der Waals surface area (Å²) in [5.41, 5.74) is 0.470. The molecular weight excluding hydrogens is 318 g/mol. The number of amides is 2. The first-order valence-electron chi connectivity index (χ1n) is 8.70. The third-order valence-electron chi connectivity index (χ3n) is 6.97. The fourth-order valence-electron chi connectivity index (χ4n) is 5.68.